The van der Waals surface area contributed by atoms with Gasteiger partial charge in [-0.2, -0.15) is 0 Å². The van der Waals surface area contributed by atoms with Gasteiger partial charge in [0.15, 0.2) is 5.78 Å². The molecule has 1 N–H and O–H groups in total. The van der Waals surface area contributed by atoms with Crippen LogP contribution in [0.15, 0.2) is 67.0 Å². The van der Waals surface area contributed by atoms with E-state index >= 15 is 0 Å². The van der Waals surface area contributed by atoms with Crippen molar-refractivity contribution in [2.75, 3.05) is 5.32 Å². The molecule has 0 saturated carbocycles. The molecule has 0 fully saturated rings. The zero-order valence-electron chi connectivity index (χ0n) is 14.2. The molecule has 0 radical (unpaired) electrons. The van der Waals surface area contributed by atoms with Crippen LogP contribution in [0.25, 0.3) is 0 Å². The maximum absolute atomic E-state index is 12.5. The van der Waals surface area contributed by atoms with E-state index in [1.807, 2.05) is 19.1 Å². The minimum atomic E-state index is -0.483. The Morgan fingerprint density at radius 2 is 1.88 bits per heavy atom. The highest BCUT2D eigenvalue weighted by molar-refractivity contribution is 6.09. The molecule has 0 atom stereocenters. The number of nitrogens with one attached hydrogen (secondary N) is 1. The first-order chi connectivity index (χ1) is 12.6. The van der Waals surface area contributed by atoms with Crippen LogP contribution >= 0.6 is 0 Å². The van der Waals surface area contributed by atoms with E-state index in [0.717, 1.165) is 11.1 Å². The van der Waals surface area contributed by atoms with Crippen molar-refractivity contribution in [1.82, 2.24) is 4.98 Å². The van der Waals surface area contributed by atoms with Crippen LogP contribution in [0.4, 0.5) is 11.4 Å². The summed E-state index contributed by atoms with van der Waals surface area (Å²) in [6.07, 6.45) is 3.42. The number of nitro benzene ring substituents is 1. The van der Waals surface area contributed by atoms with Gasteiger partial charge in [-0.3, -0.25) is 19.9 Å². The zero-order valence-corrected chi connectivity index (χ0v) is 14.2. The molecule has 0 saturated heterocycles. The molecule has 0 aliphatic carbocycles. The summed E-state index contributed by atoms with van der Waals surface area (Å²) in [6, 6.07) is 15.1. The lowest BCUT2D eigenvalue weighted by molar-refractivity contribution is -0.384. The van der Waals surface area contributed by atoms with Crippen molar-refractivity contribution in [3.8, 4) is 0 Å². The van der Waals surface area contributed by atoms with E-state index in [-0.39, 0.29) is 17.0 Å². The molecule has 6 heteroatoms. The highest BCUT2D eigenvalue weighted by Crippen LogP contribution is 2.27. The number of carbonyl (C=O) groups excluding carboxylic acids is 1. The van der Waals surface area contributed by atoms with E-state index in [4.69, 9.17) is 0 Å². The van der Waals surface area contributed by atoms with Crippen LogP contribution < -0.4 is 5.32 Å². The number of hydrogen-bond donors (Lipinski definition) is 1. The molecule has 0 spiro atoms. The molecular weight excluding hydrogens is 330 g/mol. The number of pyridine rings is 1. The topological polar surface area (TPSA) is 85.1 Å². The molecule has 3 aromatic rings. The van der Waals surface area contributed by atoms with Gasteiger partial charge in [0.2, 0.25) is 0 Å². The largest absolute Gasteiger partial charge is 0.375 e. The maximum Gasteiger partial charge on any atom is 0.293 e. The third-order valence-corrected chi connectivity index (χ3v) is 4.10. The molecule has 0 bridgehead atoms. The number of rotatable bonds is 6. The zero-order chi connectivity index (χ0) is 18.5. The van der Waals surface area contributed by atoms with E-state index in [2.05, 4.69) is 10.3 Å². The van der Waals surface area contributed by atoms with Crippen molar-refractivity contribution in [3.63, 3.8) is 0 Å². The molecule has 1 heterocycles. The fourth-order valence-corrected chi connectivity index (χ4v) is 2.62. The smallest absolute Gasteiger partial charge is 0.293 e. The number of nitro groups is 1. The number of anilines is 1. The van der Waals surface area contributed by atoms with Crippen molar-refractivity contribution in [2.24, 2.45) is 0 Å². The Bertz CT molecular complexity index is 956. The molecule has 3 rings (SSSR count). The van der Waals surface area contributed by atoms with E-state index in [1.54, 1.807) is 48.8 Å². The molecule has 2 aromatic carbocycles. The molecule has 130 valence electrons. The number of aryl methyl sites for hydroxylation is 1. The Balaban J connectivity index is 1.87. The molecule has 0 unspecified atom stereocenters. The van der Waals surface area contributed by atoms with Crippen LogP contribution in [0.5, 0.6) is 0 Å². The van der Waals surface area contributed by atoms with E-state index < -0.39 is 4.92 Å². The first-order valence-corrected chi connectivity index (χ1v) is 8.08. The monoisotopic (exact) mass is 347 g/mol. The summed E-state index contributed by atoms with van der Waals surface area (Å²) >= 11 is 0. The van der Waals surface area contributed by atoms with Crippen LogP contribution in [-0.4, -0.2) is 15.7 Å². The molecule has 0 amide bonds. The number of carbonyl (C=O) groups is 1. The predicted octanol–water partition coefficient (Wildman–Crippen LogP) is 4.14. The number of benzene rings is 2. The standard InChI is InChI=1S/C20H17N3O3/c1-14-12-21-10-9-17(14)13-22-18-8-7-16(11-19(18)23(25)26)20(24)15-5-3-2-4-6-15/h2-12,22H,13H2,1H3. The quantitative estimate of drug-likeness (QED) is 0.411. The van der Waals surface area contributed by atoms with Crippen molar-refractivity contribution < 1.29 is 9.72 Å². The first-order valence-electron chi connectivity index (χ1n) is 8.08. The summed E-state index contributed by atoms with van der Waals surface area (Å²) in [5.74, 6) is -0.245. The van der Waals surface area contributed by atoms with Gasteiger partial charge in [-0.1, -0.05) is 30.3 Å². The van der Waals surface area contributed by atoms with Crippen LogP contribution in [0, 0.1) is 17.0 Å². The Hall–Kier alpha value is -3.54. The van der Waals surface area contributed by atoms with Gasteiger partial charge in [-0.15, -0.1) is 0 Å². The van der Waals surface area contributed by atoms with E-state index in [0.29, 0.717) is 17.8 Å². The van der Waals surface area contributed by atoms with Crippen LogP contribution in [0.2, 0.25) is 0 Å². The molecule has 0 aliphatic heterocycles. The molecular formula is C20H17N3O3. The molecule has 0 aliphatic rings. The van der Waals surface area contributed by atoms with Gasteiger partial charge in [-0.05, 0) is 36.2 Å². The number of aromatic nitrogens is 1. The predicted molar refractivity (Wildman–Crippen MR) is 99.3 cm³/mol. The summed E-state index contributed by atoms with van der Waals surface area (Å²) in [5.41, 5.74) is 3.02. The van der Waals surface area contributed by atoms with Crippen LogP contribution in [0.3, 0.4) is 0 Å². The molecule has 6 nitrogen and oxygen atoms in total. The van der Waals surface area contributed by atoms with Crippen LogP contribution in [0.1, 0.15) is 27.0 Å². The Labute approximate surface area is 150 Å². The second-order valence-electron chi connectivity index (χ2n) is 5.84. The van der Waals surface area contributed by atoms with Gasteiger partial charge in [0.1, 0.15) is 5.69 Å². The van der Waals surface area contributed by atoms with Gasteiger partial charge in [-0.25, -0.2) is 0 Å². The summed E-state index contributed by atoms with van der Waals surface area (Å²) in [6.45, 7) is 2.36. The lowest BCUT2D eigenvalue weighted by Gasteiger charge is -2.10. The number of ketones is 1. The van der Waals surface area contributed by atoms with Gasteiger partial charge in [0.25, 0.3) is 5.69 Å². The second-order valence-corrected chi connectivity index (χ2v) is 5.84. The second kappa shape index (κ2) is 7.57. The third kappa shape index (κ3) is 3.75. The fourth-order valence-electron chi connectivity index (χ4n) is 2.62. The average molecular weight is 347 g/mol. The minimum absolute atomic E-state index is 0.126. The molecule has 1 aromatic heterocycles. The Kier molecular flexibility index (Phi) is 5.03. The van der Waals surface area contributed by atoms with Gasteiger partial charge < -0.3 is 5.32 Å². The van der Waals surface area contributed by atoms with Gasteiger partial charge in [0.05, 0.1) is 4.92 Å². The average Bonchev–Trinajstić information content (AvgIpc) is 2.67. The highest BCUT2D eigenvalue weighted by Gasteiger charge is 2.18. The number of hydrogen-bond acceptors (Lipinski definition) is 5. The lowest BCUT2D eigenvalue weighted by atomic mass is 10.0. The van der Waals surface area contributed by atoms with Crippen LogP contribution in [-0.2, 0) is 6.54 Å². The SMILES string of the molecule is Cc1cnccc1CNc1ccc(C(=O)c2ccccc2)cc1[N+](=O)[O-]. The van der Waals surface area contributed by atoms with Gasteiger partial charge in [0, 0.05) is 36.1 Å². The van der Waals surface area contributed by atoms with E-state index in [1.165, 1.54) is 6.07 Å². The normalized spacial score (nSPS) is 10.3. The highest BCUT2D eigenvalue weighted by atomic mass is 16.6. The fraction of sp³-hybridized carbons (Fsp3) is 0.100. The minimum Gasteiger partial charge on any atom is -0.375 e. The Morgan fingerprint density at radius 3 is 2.58 bits per heavy atom. The molecule has 26 heavy (non-hydrogen) atoms. The summed E-state index contributed by atoms with van der Waals surface area (Å²) in [7, 11) is 0. The van der Waals surface area contributed by atoms with Crippen molar-refractivity contribution in [3.05, 3.63) is 99.4 Å². The van der Waals surface area contributed by atoms with Crippen molar-refractivity contribution in [1.29, 1.82) is 0 Å². The summed E-state index contributed by atoms with van der Waals surface area (Å²) in [4.78, 5) is 27.5. The van der Waals surface area contributed by atoms with Crippen molar-refractivity contribution >= 4 is 17.2 Å². The van der Waals surface area contributed by atoms with E-state index in [9.17, 15) is 14.9 Å². The maximum atomic E-state index is 12.5. The van der Waals surface area contributed by atoms with Gasteiger partial charge >= 0.3 is 0 Å². The first kappa shape index (κ1) is 17.3. The summed E-state index contributed by atoms with van der Waals surface area (Å²) in [5, 5.41) is 14.5. The Morgan fingerprint density at radius 1 is 1.12 bits per heavy atom. The van der Waals surface area contributed by atoms with Crippen molar-refractivity contribution in [2.45, 2.75) is 13.5 Å². The number of nitrogens with zero attached hydrogens (tertiary/aromatic N) is 2. The lowest BCUT2D eigenvalue weighted by Crippen LogP contribution is -2.07. The third-order valence-electron chi connectivity index (χ3n) is 4.10. The summed E-state index contributed by atoms with van der Waals surface area (Å²) < 4.78 is 0.